The maximum Gasteiger partial charge on any atom is 0.240 e. The van der Waals surface area contributed by atoms with Gasteiger partial charge in [-0.2, -0.15) is 4.98 Å². The molecule has 5 heteroatoms. The number of hydrogen-bond acceptors (Lipinski definition) is 3. The molecule has 0 radical (unpaired) electrons. The largest absolute Gasteiger partial charge is 0.366 e. The second-order valence-electron chi connectivity index (χ2n) is 3.82. The van der Waals surface area contributed by atoms with Gasteiger partial charge in [0.2, 0.25) is 5.95 Å². The highest BCUT2D eigenvalue weighted by atomic mass is 79.9. The lowest BCUT2D eigenvalue weighted by Gasteiger charge is -2.05. The van der Waals surface area contributed by atoms with Crippen molar-refractivity contribution in [2.75, 3.05) is 5.73 Å². The first-order chi connectivity index (χ1) is 7.56. The number of hydrogen-bond donors (Lipinski definition) is 1. The summed E-state index contributed by atoms with van der Waals surface area (Å²) in [5, 5.41) is 4.09. The maximum atomic E-state index is 5.51. The number of rotatable bonds is 2. The lowest BCUT2D eigenvalue weighted by atomic mass is 10.1. The molecule has 1 heterocycles. The van der Waals surface area contributed by atoms with Crippen molar-refractivity contribution < 1.29 is 0 Å². The van der Waals surface area contributed by atoms with Crippen LogP contribution in [0.5, 0.6) is 0 Å². The van der Waals surface area contributed by atoms with E-state index in [9.17, 15) is 0 Å². The summed E-state index contributed by atoms with van der Waals surface area (Å²) >= 11 is 3.32. The van der Waals surface area contributed by atoms with Crippen LogP contribution in [0.4, 0.5) is 5.95 Å². The van der Waals surface area contributed by atoms with Crippen molar-refractivity contribution in [2.45, 2.75) is 20.4 Å². The molecule has 0 atom stereocenters. The molecule has 0 saturated carbocycles. The zero-order valence-electron chi connectivity index (χ0n) is 9.24. The zero-order chi connectivity index (χ0) is 11.7. The smallest absolute Gasteiger partial charge is 0.240 e. The molecule has 0 aliphatic rings. The van der Waals surface area contributed by atoms with E-state index < -0.39 is 0 Å². The molecule has 1 aromatic carbocycles. The van der Waals surface area contributed by atoms with Gasteiger partial charge in [0, 0.05) is 0 Å². The molecule has 2 rings (SSSR count). The molecule has 0 bridgehead atoms. The van der Waals surface area contributed by atoms with Crippen LogP contribution in [0, 0.1) is 13.8 Å². The molecule has 0 aliphatic heterocycles. The lowest BCUT2D eigenvalue weighted by molar-refractivity contribution is 0.669. The summed E-state index contributed by atoms with van der Waals surface area (Å²) in [5.74, 6) is 0.288. The van der Waals surface area contributed by atoms with Crippen LogP contribution in [-0.2, 0) is 6.54 Å². The third-order valence-electron chi connectivity index (χ3n) is 2.55. The molecule has 1 aromatic heterocycles. The molecule has 2 N–H and O–H groups in total. The van der Waals surface area contributed by atoms with Crippen molar-refractivity contribution in [3.05, 3.63) is 39.6 Å². The standard InChI is InChI=1S/C11H13BrN4/c1-7-3-4-9(5-8(7)2)6-16-10(12)14-11(13)15-16/h3-5H,6H2,1-2H3,(H2,13,15). The Balaban J connectivity index is 2.27. The number of halogens is 1. The summed E-state index contributed by atoms with van der Waals surface area (Å²) < 4.78 is 2.39. The van der Waals surface area contributed by atoms with Gasteiger partial charge in [-0.25, -0.2) is 4.68 Å². The van der Waals surface area contributed by atoms with Crippen molar-refractivity contribution in [3.63, 3.8) is 0 Å². The van der Waals surface area contributed by atoms with E-state index in [4.69, 9.17) is 5.73 Å². The molecule has 4 nitrogen and oxygen atoms in total. The van der Waals surface area contributed by atoms with Crippen LogP contribution in [0.15, 0.2) is 22.9 Å². The van der Waals surface area contributed by atoms with E-state index >= 15 is 0 Å². The Kier molecular flexibility index (Phi) is 2.96. The Bertz CT molecular complexity index is 519. The first-order valence-electron chi connectivity index (χ1n) is 4.98. The summed E-state index contributed by atoms with van der Waals surface area (Å²) in [6.45, 7) is 4.87. The molecule has 84 valence electrons. The van der Waals surface area contributed by atoms with Gasteiger partial charge in [-0.1, -0.05) is 18.2 Å². The highest BCUT2D eigenvalue weighted by Gasteiger charge is 2.05. The number of nitrogens with two attached hydrogens (primary N) is 1. The molecule has 0 saturated heterocycles. The second kappa shape index (κ2) is 4.25. The molecular weight excluding hydrogens is 268 g/mol. The predicted molar refractivity (Wildman–Crippen MR) is 67.2 cm³/mol. The topological polar surface area (TPSA) is 56.7 Å². The van der Waals surface area contributed by atoms with Gasteiger partial charge in [-0.3, -0.25) is 0 Å². The number of benzene rings is 1. The summed E-state index contributed by atoms with van der Waals surface area (Å²) in [4.78, 5) is 3.99. The molecule has 2 aromatic rings. The number of aromatic nitrogens is 3. The normalized spacial score (nSPS) is 10.7. The van der Waals surface area contributed by atoms with Crippen LogP contribution in [0.3, 0.4) is 0 Å². The summed E-state index contributed by atoms with van der Waals surface area (Å²) in [7, 11) is 0. The fraction of sp³-hybridized carbons (Fsp3) is 0.273. The van der Waals surface area contributed by atoms with Crippen LogP contribution in [0.25, 0.3) is 0 Å². The van der Waals surface area contributed by atoms with Gasteiger partial charge in [0.1, 0.15) is 0 Å². The minimum absolute atomic E-state index is 0.288. The first kappa shape index (κ1) is 11.1. The van der Waals surface area contributed by atoms with E-state index in [0.717, 1.165) is 0 Å². The monoisotopic (exact) mass is 280 g/mol. The fourth-order valence-corrected chi connectivity index (χ4v) is 1.90. The van der Waals surface area contributed by atoms with Gasteiger partial charge in [-0.15, -0.1) is 5.10 Å². The quantitative estimate of drug-likeness (QED) is 0.918. The Morgan fingerprint density at radius 3 is 2.62 bits per heavy atom. The average Bonchev–Trinajstić information content (AvgIpc) is 2.51. The third-order valence-corrected chi connectivity index (χ3v) is 3.13. The van der Waals surface area contributed by atoms with Gasteiger partial charge >= 0.3 is 0 Å². The minimum atomic E-state index is 0.288. The number of anilines is 1. The van der Waals surface area contributed by atoms with E-state index in [2.05, 4.69) is 58.1 Å². The summed E-state index contributed by atoms with van der Waals surface area (Å²) in [6.07, 6.45) is 0. The zero-order valence-corrected chi connectivity index (χ0v) is 10.8. The highest BCUT2D eigenvalue weighted by molar-refractivity contribution is 9.10. The Hall–Kier alpha value is -1.36. The Labute approximate surface area is 103 Å². The number of nitrogens with zero attached hydrogens (tertiary/aromatic N) is 3. The second-order valence-corrected chi connectivity index (χ2v) is 4.52. The minimum Gasteiger partial charge on any atom is -0.366 e. The van der Waals surface area contributed by atoms with Crippen LogP contribution in [0.2, 0.25) is 0 Å². The van der Waals surface area contributed by atoms with Crippen LogP contribution in [0.1, 0.15) is 16.7 Å². The molecular formula is C11H13BrN4. The lowest BCUT2D eigenvalue weighted by Crippen LogP contribution is -2.03. The van der Waals surface area contributed by atoms with E-state index in [1.807, 2.05) is 0 Å². The number of aryl methyl sites for hydroxylation is 2. The first-order valence-corrected chi connectivity index (χ1v) is 5.77. The molecule has 0 spiro atoms. The van der Waals surface area contributed by atoms with Gasteiger partial charge in [0.15, 0.2) is 4.73 Å². The van der Waals surface area contributed by atoms with Gasteiger partial charge < -0.3 is 5.73 Å². The summed E-state index contributed by atoms with van der Waals surface area (Å²) in [5.41, 5.74) is 9.27. The highest BCUT2D eigenvalue weighted by Crippen LogP contribution is 2.14. The average molecular weight is 281 g/mol. The van der Waals surface area contributed by atoms with Crippen molar-refractivity contribution in [1.82, 2.24) is 14.8 Å². The van der Waals surface area contributed by atoms with Crippen molar-refractivity contribution in [1.29, 1.82) is 0 Å². The number of nitrogen functional groups attached to an aromatic ring is 1. The SMILES string of the molecule is Cc1ccc(Cn2nc(N)nc2Br)cc1C. The third kappa shape index (κ3) is 2.24. The van der Waals surface area contributed by atoms with Crippen LogP contribution < -0.4 is 5.73 Å². The van der Waals surface area contributed by atoms with Crippen LogP contribution in [-0.4, -0.2) is 14.8 Å². The Morgan fingerprint density at radius 2 is 2.06 bits per heavy atom. The predicted octanol–water partition coefficient (Wildman–Crippen LogP) is 2.29. The van der Waals surface area contributed by atoms with Crippen molar-refractivity contribution in [3.8, 4) is 0 Å². The van der Waals surface area contributed by atoms with E-state index in [1.54, 1.807) is 4.68 Å². The van der Waals surface area contributed by atoms with Gasteiger partial charge in [0.25, 0.3) is 0 Å². The molecule has 0 amide bonds. The Morgan fingerprint density at radius 1 is 1.31 bits per heavy atom. The maximum absolute atomic E-state index is 5.51. The molecule has 16 heavy (non-hydrogen) atoms. The van der Waals surface area contributed by atoms with Crippen molar-refractivity contribution >= 4 is 21.9 Å². The summed E-state index contributed by atoms with van der Waals surface area (Å²) in [6, 6.07) is 6.35. The molecule has 0 fully saturated rings. The van der Waals surface area contributed by atoms with Gasteiger partial charge in [0.05, 0.1) is 6.54 Å². The van der Waals surface area contributed by atoms with E-state index in [1.165, 1.54) is 16.7 Å². The van der Waals surface area contributed by atoms with Crippen molar-refractivity contribution in [2.24, 2.45) is 0 Å². The van der Waals surface area contributed by atoms with E-state index in [0.29, 0.717) is 11.3 Å². The van der Waals surface area contributed by atoms with Crippen LogP contribution >= 0.6 is 15.9 Å². The molecule has 0 unspecified atom stereocenters. The molecule has 0 aliphatic carbocycles. The van der Waals surface area contributed by atoms with E-state index in [-0.39, 0.29) is 5.95 Å². The fourth-order valence-electron chi connectivity index (χ4n) is 1.51. The van der Waals surface area contributed by atoms with Gasteiger partial charge in [-0.05, 0) is 46.5 Å².